The van der Waals surface area contributed by atoms with Crippen LogP contribution in [0.15, 0.2) is 42.7 Å². The summed E-state index contributed by atoms with van der Waals surface area (Å²) in [5.74, 6) is 0. The molecule has 2 aromatic rings. The molecule has 0 saturated heterocycles. The van der Waals surface area contributed by atoms with Crippen LogP contribution in [0.5, 0.6) is 0 Å². The molecule has 0 aliphatic heterocycles. The molecule has 1 aromatic carbocycles. The smallest absolute Gasteiger partial charge is 0.0621 e. The van der Waals surface area contributed by atoms with Crippen molar-refractivity contribution in [3.63, 3.8) is 0 Å². The molecule has 0 fully saturated rings. The molecule has 106 valence electrons. The molecular weight excluding hydrogens is 297 g/mol. The van der Waals surface area contributed by atoms with Crippen LogP contribution in [-0.4, -0.2) is 28.4 Å². The SMILES string of the molecule is OCC(CO)(Cc1ccncc1Cl)c1ccc(Cl)cc1. The molecule has 0 aliphatic rings. The highest BCUT2D eigenvalue weighted by molar-refractivity contribution is 6.31. The summed E-state index contributed by atoms with van der Waals surface area (Å²) in [7, 11) is 0. The van der Waals surface area contributed by atoms with Crippen LogP contribution < -0.4 is 0 Å². The molecule has 1 aromatic heterocycles. The van der Waals surface area contributed by atoms with Gasteiger partial charge in [-0.1, -0.05) is 35.3 Å². The van der Waals surface area contributed by atoms with Crippen LogP contribution in [0.4, 0.5) is 0 Å². The highest BCUT2D eigenvalue weighted by Gasteiger charge is 2.32. The lowest BCUT2D eigenvalue weighted by Crippen LogP contribution is -2.37. The van der Waals surface area contributed by atoms with E-state index in [1.54, 1.807) is 30.6 Å². The Balaban J connectivity index is 2.39. The minimum absolute atomic E-state index is 0.191. The van der Waals surface area contributed by atoms with E-state index in [0.717, 1.165) is 11.1 Å². The second-order valence-corrected chi connectivity index (χ2v) is 5.59. The Labute approximate surface area is 127 Å². The van der Waals surface area contributed by atoms with E-state index in [1.165, 1.54) is 0 Å². The Morgan fingerprint density at radius 1 is 1.00 bits per heavy atom. The van der Waals surface area contributed by atoms with Gasteiger partial charge in [-0.05, 0) is 35.7 Å². The average Bonchev–Trinajstić information content (AvgIpc) is 2.48. The summed E-state index contributed by atoms with van der Waals surface area (Å²) in [6.07, 6.45) is 3.61. The van der Waals surface area contributed by atoms with Crippen LogP contribution in [-0.2, 0) is 11.8 Å². The summed E-state index contributed by atoms with van der Waals surface area (Å²) in [4.78, 5) is 3.94. The maximum absolute atomic E-state index is 9.80. The van der Waals surface area contributed by atoms with Gasteiger partial charge >= 0.3 is 0 Å². The molecule has 0 aliphatic carbocycles. The van der Waals surface area contributed by atoms with Crippen molar-refractivity contribution in [3.8, 4) is 0 Å². The molecule has 0 amide bonds. The first kappa shape index (κ1) is 15.3. The van der Waals surface area contributed by atoms with Crippen LogP contribution in [0.2, 0.25) is 10.0 Å². The molecule has 0 radical (unpaired) electrons. The van der Waals surface area contributed by atoms with Crippen LogP contribution in [0, 0.1) is 0 Å². The highest BCUT2D eigenvalue weighted by Crippen LogP contribution is 2.31. The van der Waals surface area contributed by atoms with Crippen molar-refractivity contribution in [1.82, 2.24) is 4.98 Å². The number of hydrogen-bond donors (Lipinski definition) is 2. The summed E-state index contributed by atoms with van der Waals surface area (Å²) in [6, 6.07) is 8.89. The van der Waals surface area contributed by atoms with Crippen molar-refractivity contribution in [2.45, 2.75) is 11.8 Å². The van der Waals surface area contributed by atoms with E-state index >= 15 is 0 Å². The molecule has 0 bridgehead atoms. The monoisotopic (exact) mass is 311 g/mol. The van der Waals surface area contributed by atoms with Gasteiger partial charge in [0.05, 0.1) is 18.2 Å². The van der Waals surface area contributed by atoms with E-state index in [2.05, 4.69) is 4.98 Å². The van der Waals surface area contributed by atoms with Gasteiger partial charge in [0.15, 0.2) is 0 Å². The number of benzene rings is 1. The largest absolute Gasteiger partial charge is 0.395 e. The van der Waals surface area contributed by atoms with Gasteiger partial charge in [-0.3, -0.25) is 4.98 Å². The Morgan fingerprint density at radius 2 is 1.65 bits per heavy atom. The first-order valence-corrected chi connectivity index (χ1v) is 6.93. The fourth-order valence-electron chi connectivity index (χ4n) is 2.16. The van der Waals surface area contributed by atoms with Crippen molar-refractivity contribution in [3.05, 3.63) is 63.9 Å². The lowest BCUT2D eigenvalue weighted by Gasteiger charge is -2.31. The summed E-state index contributed by atoms with van der Waals surface area (Å²) >= 11 is 12.0. The summed E-state index contributed by atoms with van der Waals surface area (Å²) < 4.78 is 0. The Hall–Kier alpha value is -1.13. The Bertz CT molecular complexity index is 568. The lowest BCUT2D eigenvalue weighted by molar-refractivity contribution is 0.116. The topological polar surface area (TPSA) is 53.4 Å². The quantitative estimate of drug-likeness (QED) is 0.892. The van der Waals surface area contributed by atoms with E-state index < -0.39 is 5.41 Å². The van der Waals surface area contributed by atoms with E-state index in [-0.39, 0.29) is 13.2 Å². The van der Waals surface area contributed by atoms with Gasteiger partial charge in [0.1, 0.15) is 0 Å². The number of aromatic nitrogens is 1. The number of hydrogen-bond acceptors (Lipinski definition) is 3. The van der Waals surface area contributed by atoms with Crippen LogP contribution in [0.3, 0.4) is 0 Å². The zero-order valence-corrected chi connectivity index (χ0v) is 12.3. The first-order chi connectivity index (χ1) is 9.61. The zero-order valence-electron chi connectivity index (χ0n) is 10.8. The zero-order chi connectivity index (χ0) is 14.6. The molecular formula is C15H15Cl2NO2. The third-order valence-corrected chi connectivity index (χ3v) is 4.04. The lowest BCUT2D eigenvalue weighted by atomic mass is 9.77. The maximum atomic E-state index is 9.80. The molecule has 2 N–H and O–H groups in total. The van der Waals surface area contributed by atoms with E-state index in [9.17, 15) is 10.2 Å². The molecule has 5 heteroatoms. The van der Waals surface area contributed by atoms with Gasteiger partial charge in [0, 0.05) is 22.8 Å². The number of halogens is 2. The van der Waals surface area contributed by atoms with Crippen LogP contribution >= 0.6 is 23.2 Å². The number of rotatable bonds is 5. The van der Waals surface area contributed by atoms with Crippen molar-refractivity contribution in [2.24, 2.45) is 0 Å². The van der Waals surface area contributed by atoms with Crippen molar-refractivity contribution < 1.29 is 10.2 Å². The number of pyridine rings is 1. The molecule has 2 rings (SSSR count). The highest BCUT2D eigenvalue weighted by atomic mass is 35.5. The summed E-state index contributed by atoms with van der Waals surface area (Å²) in [5.41, 5.74) is 0.856. The first-order valence-electron chi connectivity index (χ1n) is 6.17. The minimum Gasteiger partial charge on any atom is -0.395 e. The standard InChI is InChI=1S/C15H15Cl2NO2/c16-13-3-1-12(2-4-13)15(9-19,10-20)7-11-5-6-18-8-14(11)17/h1-6,8,19-20H,7,9-10H2. The van der Waals surface area contributed by atoms with Gasteiger partial charge in [0.2, 0.25) is 0 Å². The molecule has 0 unspecified atom stereocenters. The van der Waals surface area contributed by atoms with Crippen molar-refractivity contribution in [1.29, 1.82) is 0 Å². The third-order valence-electron chi connectivity index (χ3n) is 3.45. The van der Waals surface area contributed by atoms with Crippen LogP contribution in [0.1, 0.15) is 11.1 Å². The number of nitrogens with zero attached hydrogens (tertiary/aromatic N) is 1. The summed E-state index contributed by atoms with van der Waals surface area (Å²) in [5, 5.41) is 20.7. The van der Waals surface area contributed by atoms with Gasteiger partial charge in [-0.2, -0.15) is 0 Å². The predicted molar refractivity (Wildman–Crippen MR) is 80.3 cm³/mol. The number of aliphatic hydroxyl groups is 2. The minimum atomic E-state index is -0.796. The van der Waals surface area contributed by atoms with E-state index in [4.69, 9.17) is 23.2 Å². The van der Waals surface area contributed by atoms with Gasteiger partial charge in [-0.15, -0.1) is 0 Å². The van der Waals surface area contributed by atoms with E-state index in [1.807, 2.05) is 12.1 Å². The second-order valence-electron chi connectivity index (χ2n) is 4.75. The summed E-state index contributed by atoms with van der Waals surface area (Å²) in [6.45, 7) is -0.381. The second kappa shape index (κ2) is 6.55. The van der Waals surface area contributed by atoms with Gasteiger partial charge in [0.25, 0.3) is 0 Å². The molecule has 20 heavy (non-hydrogen) atoms. The fourth-order valence-corrected chi connectivity index (χ4v) is 2.47. The molecule has 0 spiro atoms. The third kappa shape index (κ3) is 3.13. The van der Waals surface area contributed by atoms with Gasteiger partial charge in [-0.25, -0.2) is 0 Å². The number of aliphatic hydroxyl groups excluding tert-OH is 2. The molecule has 0 atom stereocenters. The normalized spacial score (nSPS) is 11.6. The van der Waals surface area contributed by atoms with Crippen LogP contribution in [0.25, 0.3) is 0 Å². The molecule has 1 heterocycles. The predicted octanol–water partition coefficient (Wildman–Crippen LogP) is 2.85. The molecule has 3 nitrogen and oxygen atoms in total. The maximum Gasteiger partial charge on any atom is 0.0621 e. The Kier molecular flexibility index (Phi) is 5.00. The van der Waals surface area contributed by atoms with E-state index in [0.29, 0.717) is 16.5 Å². The average molecular weight is 312 g/mol. The van der Waals surface area contributed by atoms with Crippen molar-refractivity contribution in [2.75, 3.05) is 13.2 Å². The fraction of sp³-hybridized carbons (Fsp3) is 0.267. The molecule has 0 saturated carbocycles. The Morgan fingerprint density at radius 3 is 2.20 bits per heavy atom. The van der Waals surface area contributed by atoms with Crippen molar-refractivity contribution >= 4 is 23.2 Å². The van der Waals surface area contributed by atoms with Gasteiger partial charge < -0.3 is 10.2 Å².